The average molecular weight is 301 g/mol. The first-order valence-corrected chi connectivity index (χ1v) is 8.00. The summed E-state index contributed by atoms with van der Waals surface area (Å²) in [6.07, 6.45) is 3.37. The number of carboxylic acid groups (broad SMARTS) is 1. The summed E-state index contributed by atoms with van der Waals surface area (Å²) in [7, 11) is -2.39. The zero-order valence-electron chi connectivity index (χ0n) is 11.5. The average Bonchev–Trinajstić information content (AvgIpc) is 2.79. The van der Waals surface area contributed by atoms with Gasteiger partial charge in [0.15, 0.2) is 5.03 Å². The lowest BCUT2D eigenvalue weighted by Crippen LogP contribution is -2.56. The number of hydrogen-bond acceptors (Lipinski definition) is 4. The van der Waals surface area contributed by atoms with Gasteiger partial charge in [0.05, 0.1) is 6.20 Å². The molecule has 2 rings (SSSR count). The Labute approximate surface area is 118 Å². The van der Waals surface area contributed by atoms with Crippen LogP contribution in [-0.2, 0) is 21.9 Å². The van der Waals surface area contributed by atoms with Crippen LogP contribution in [0.25, 0.3) is 0 Å². The minimum atomic E-state index is -3.90. The molecule has 1 aromatic rings. The first-order chi connectivity index (χ1) is 9.27. The first kappa shape index (κ1) is 15.0. The molecular weight excluding hydrogens is 282 g/mol. The molecule has 112 valence electrons. The van der Waals surface area contributed by atoms with Crippen LogP contribution in [0.15, 0.2) is 17.3 Å². The minimum absolute atomic E-state index is 0.0308. The van der Waals surface area contributed by atoms with Gasteiger partial charge in [0.25, 0.3) is 10.0 Å². The van der Waals surface area contributed by atoms with Gasteiger partial charge in [-0.3, -0.25) is 9.48 Å². The molecule has 1 aromatic heterocycles. The first-order valence-electron chi connectivity index (χ1n) is 6.52. The molecule has 0 atom stereocenters. The van der Waals surface area contributed by atoms with Crippen molar-refractivity contribution in [1.29, 1.82) is 0 Å². The highest BCUT2D eigenvalue weighted by Crippen LogP contribution is 2.33. The predicted octanol–water partition coefficient (Wildman–Crippen LogP) is 0.732. The lowest BCUT2D eigenvalue weighted by molar-refractivity contribution is -0.145. The third kappa shape index (κ3) is 2.71. The maximum Gasteiger partial charge on any atom is 0.324 e. The molecule has 8 heteroatoms. The molecule has 1 aliphatic carbocycles. The summed E-state index contributed by atoms with van der Waals surface area (Å²) in [6, 6.07) is 1.35. The van der Waals surface area contributed by atoms with E-state index in [-0.39, 0.29) is 5.03 Å². The Bertz CT molecular complexity index is 600. The number of nitrogens with zero attached hydrogens (tertiary/aromatic N) is 2. The van der Waals surface area contributed by atoms with Crippen molar-refractivity contribution in [2.45, 2.75) is 43.2 Å². The highest BCUT2D eigenvalue weighted by molar-refractivity contribution is 7.89. The SMILES string of the molecule is CC1CCC(NS(=O)(=O)c2ccnn2C)(C(=O)O)CC1. The van der Waals surface area contributed by atoms with Crippen molar-refractivity contribution in [3.63, 3.8) is 0 Å². The van der Waals surface area contributed by atoms with E-state index in [0.717, 1.165) is 0 Å². The third-order valence-corrected chi connectivity index (χ3v) is 5.53. The minimum Gasteiger partial charge on any atom is -0.480 e. The van der Waals surface area contributed by atoms with Gasteiger partial charge in [-0.05, 0) is 37.7 Å². The van der Waals surface area contributed by atoms with Crippen LogP contribution in [0.3, 0.4) is 0 Å². The molecule has 0 spiro atoms. The molecule has 0 aromatic carbocycles. The van der Waals surface area contributed by atoms with Crippen molar-refractivity contribution in [2.75, 3.05) is 0 Å². The van der Waals surface area contributed by atoms with E-state index in [4.69, 9.17) is 0 Å². The van der Waals surface area contributed by atoms with E-state index in [1.807, 2.05) is 6.92 Å². The van der Waals surface area contributed by atoms with Gasteiger partial charge in [0.1, 0.15) is 5.54 Å². The number of nitrogens with one attached hydrogen (secondary N) is 1. The monoisotopic (exact) mass is 301 g/mol. The zero-order chi connectivity index (χ0) is 15.0. The molecular formula is C12H19N3O4S. The van der Waals surface area contributed by atoms with Crippen molar-refractivity contribution in [3.05, 3.63) is 12.3 Å². The van der Waals surface area contributed by atoms with Gasteiger partial charge in [0.2, 0.25) is 0 Å². The highest BCUT2D eigenvalue weighted by atomic mass is 32.2. The number of carbonyl (C=O) groups is 1. The molecule has 1 fully saturated rings. The molecule has 0 saturated heterocycles. The lowest BCUT2D eigenvalue weighted by atomic mass is 9.78. The van der Waals surface area contributed by atoms with Gasteiger partial charge in [-0.1, -0.05) is 6.92 Å². The Morgan fingerprint density at radius 1 is 1.50 bits per heavy atom. The second-order valence-corrected chi connectivity index (χ2v) is 7.10. The van der Waals surface area contributed by atoms with Gasteiger partial charge in [-0.2, -0.15) is 9.82 Å². The number of aliphatic carboxylic acids is 1. The number of hydrogen-bond donors (Lipinski definition) is 2. The third-order valence-electron chi connectivity index (χ3n) is 3.92. The Morgan fingerprint density at radius 3 is 2.55 bits per heavy atom. The summed E-state index contributed by atoms with van der Waals surface area (Å²) in [6.45, 7) is 2.04. The lowest BCUT2D eigenvalue weighted by Gasteiger charge is -2.35. The number of rotatable bonds is 4. The fourth-order valence-electron chi connectivity index (χ4n) is 2.55. The number of aromatic nitrogens is 2. The summed E-state index contributed by atoms with van der Waals surface area (Å²) in [5.74, 6) is -0.696. The smallest absolute Gasteiger partial charge is 0.324 e. The topological polar surface area (TPSA) is 101 Å². The fraction of sp³-hybridized carbons (Fsp3) is 0.667. The van der Waals surface area contributed by atoms with Crippen LogP contribution in [0, 0.1) is 5.92 Å². The van der Waals surface area contributed by atoms with E-state index in [9.17, 15) is 18.3 Å². The van der Waals surface area contributed by atoms with Crippen molar-refractivity contribution >= 4 is 16.0 Å². The maximum atomic E-state index is 12.3. The zero-order valence-corrected chi connectivity index (χ0v) is 12.4. The summed E-state index contributed by atoms with van der Waals surface area (Å²) in [4.78, 5) is 11.6. The van der Waals surface area contributed by atoms with E-state index >= 15 is 0 Å². The molecule has 1 saturated carbocycles. The molecule has 0 unspecified atom stereocenters. The normalized spacial score (nSPS) is 27.4. The number of carboxylic acids is 1. The number of aryl methyl sites for hydroxylation is 1. The van der Waals surface area contributed by atoms with Crippen LogP contribution in [0.4, 0.5) is 0 Å². The van der Waals surface area contributed by atoms with Crippen molar-refractivity contribution in [3.8, 4) is 0 Å². The van der Waals surface area contributed by atoms with E-state index in [2.05, 4.69) is 9.82 Å². The Kier molecular flexibility index (Phi) is 3.88. The summed E-state index contributed by atoms with van der Waals surface area (Å²) in [5, 5.41) is 13.2. The number of sulfonamides is 1. The molecule has 0 bridgehead atoms. The van der Waals surface area contributed by atoms with Crippen molar-refractivity contribution in [1.82, 2.24) is 14.5 Å². The molecule has 7 nitrogen and oxygen atoms in total. The Morgan fingerprint density at radius 2 is 2.10 bits per heavy atom. The molecule has 0 radical (unpaired) electrons. The largest absolute Gasteiger partial charge is 0.480 e. The quantitative estimate of drug-likeness (QED) is 0.853. The molecule has 0 aliphatic heterocycles. The van der Waals surface area contributed by atoms with Gasteiger partial charge in [-0.15, -0.1) is 0 Å². The van der Waals surface area contributed by atoms with Crippen molar-refractivity contribution in [2.24, 2.45) is 13.0 Å². The van der Waals surface area contributed by atoms with Crippen LogP contribution in [-0.4, -0.2) is 34.8 Å². The molecule has 2 N–H and O–H groups in total. The molecule has 0 amide bonds. The van der Waals surface area contributed by atoms with Gasteiger partial charge < -0.3 is 5.11 Å². The molecule has 20 heavy (non-hydrogen) atoms. The van der Waals surface area contributed by atoms with E-state index in [0.29, 0.717) is 31.6 Å². The van der Waals surface area contributed by atoms with Gasteiger partial charge >= 0.3 is 5.97 Å². The standard InChI is InChI=1S/C12H19N3O4S/c1-9-3-6-12(7-4-9,11(16)17)14-20(18,19)10-5-8-13-15(10)2/h5,8-9,14H,3-4,6-7H2,1-2H3,(H,16,17). The Hall–Kier alpha value is -1.41. The summed E-state index contributed by atoms with van der Waals surface area (Å²) >= 11 is 0. The van der Waals surface area contributed by atoms with E-state index in [1.54, 1.807) is 0 Å². The second-order valence-electron chi connectivity index (χ2n) is 5.47. The molecule has 1 aliphatic rings. The van der Waals surface area contributed by atoms with Crippen LogP contribution in [0.2, 0.25) is 0 Å². The van der Waals surface area contributed by atoms with Gasteiger partial charge in [-0.25, -0.2) is 8.42 Å². The maximum absolute atomic E-state index is 12.3. The fourth-order valence-corrected chi connectivity index (χ4v) is 4.09. The van der Waals surface area contributed by atoms with E-state index < -0.39 is 21.5 Å². The second kappa shape index (κ2) is 5.17. The van der Waals surface area contributed by atoms with Crippen molar-refractivity contribution < 1.29 is 18.3 Å². The van der Waals surface area contributed by atoms with Gasteiger partial charge in [0, 0.05) is 7.05 Å². The van der Waals surface area contributed by atoms with E-state index in [1.165, 1.54) is 24.0 Å². The van der Waals surface area contributed by atoms with Crippen LogP contribution in [0.5, 0.6) is 0 Å². The van der Waals surface area contributed by atoms with Crippen LogP contribution in [0.1, 0.15) is 32.6 Å². The highest BCUT2D eigenvalue weighted by Gasteiger charge is 2.45. The predicted molar refractivity (Wildman–Crippen MR) is 71.5 cm³/mol. The Balaban J connectivity index is 2.30. The summed E-state index contributed by atoms with van der Waals surface area (Å²) < 4.78 is 28.3. The van der Waals surface area contributed by atoms with Crippen LogP contribution < -0.4 is 4.72 Å². The van der Waals surface area contributed by atoms with Crippen LogP contribution >= 0.6 is 0 Å². The molecule has 1 heterocycles. The summed E-state index contributed by atoms with van der Waals surface area (Å²) in [5.41, 5.74) is -1.41.